The Kier molecular flexibility index (Phi) is 16.0. The Morgan fingerprint density at radius 3 is 1.79 bits per heavy atom. The van der Waals surface area contributed by atoms with Gasteiger partial charge in [0.15, 0.2) is 0 Å². The summed E-state index contributed by atoms with van der Waals surface area (Å²) in [5.74, 6) is -0.0100. The topological polar surface area (TPSA) is 29.1 Å². The zero-order valence-corrected chi connectivity index (χ0v) is 20.9. The lowest BCUT2D eigenvalue weighted by molar-refractivity contribution is -0.137. The molecule has 0 radical (unpaired) electrons. The van der Waals surface area contributed by atoms with E-state index < -0.39 is 11.7 Å². The van der Waals surface area contributed by atoms with Crippen molar-refractivity contribution < 1.29 is 18.0 Å². The van der Waals surface area contributed by atoms with Gasteiger partial charge in [-0.3, -0.25) is 4.79 Å². The van der Waals surface area contributed by atoms with Crippen LogP contribution in [0.3, 0.4) is 0 Å². The number of nitrogens with one attached hydrogen (secondary N) is 1. The van der Waals surface area contributed by atoms with Crippen LogP contribution >= 0.6 is 0 Å². The summed E-state index contributed by atoms with van der Waals surface area (Å²) in [6.07, 6.45) is 15.9. The summed E-state index contributed by atoms with van der Waals surface area (Å²) in [6, 6.07) is 5.15. The summed E-state index contributed by atoms with van der Waals surface area (Å²) in [7, 11) is 0. The van der Waals surface area contributed by atoms with Crippen LogP contribution in [0, 0.1) is 0 Å². The molecule has 0 spiro atoms. The van der Waals surface area contributed by atoms with Gasteiger partial charge in [-0.25, -0.2) is 0 Å². The highest BCUT2D eigenvalue weighted by molar-refractivity contribution is 5.76. The number of carbonyl (C=O) groups excluding carboxylic acids is 1. The Hall–Kier alpha value is -1.52. The highest BCUT2D eigenvalue weighted by Crippen LogP contribution is 2.29. The molecule has 2 nitrogen and oxygen atoms in total. The first-order valence-electron chi connectivity index (χ1n) is 13.3. The van der Waals surface area contributed by atoms with Gasteiger partial charge in [-0.1, -0.05) is 115 Å². The van der Waals surface area contributed by atoms with Gasteiger partial charge in [0.2, 0.25) is 5.91 Å². The van der Waals surface area contributed by atoms with E-state index in [9.17, 15) is 18.0 Å². The van der Waals surface area contributed by atoms with Gasteiger partial charge in [-0.2, -0.15) is 13.2 Å². The molecule has 0 aliphatic heterocycles. The van der Waals surface area contributed by atoms with E-state index in [0.717, 1.165) is 25.0 Å². The van der Waals surface area contributed by atoms with Crippen LogP contribution in [0.5, 0.6) is 0 Å². The molecule has 1 amide bonds. The standard InChI is InChI=1S/C28H46F3NO/c1-3-4-5-6-7-8-9-10-11-12-13-14-15-16-17-21-27(33)32-24(2)22-25-19-18-20-26(23-25)28(29,30)31/h18-20,23-24H,3-17,21-22H2,1-2H3,(H,32,33). The van der Waals surface area contributed by atoms with E-state index in [1.54, 1.807) is 6.07 Å². The number of unbranched alkanes of at least 4 members (excludes halogenated alkanes) is 14. The van der Waals surface area contributed by atoms with Crippen molar-refractivity contribution in [1.82, 2.24) is 5.32 Å². The lowest BCUT2D eigenvalue weighted by Gasteiger charge is -2.15. The summed E-state index contributed by atoms with van der Waals surface area (Å²) in [6.45, 7) is 4.10. The van der Waals surface area contributed by atoms with Gasteiger partial charge in [0, 0.05) is 12.5 Å². The number of hydrogen-bond donors (Lipinski definition) is 1. The van der Waals surface area contributed by atoms with Crippen LogP contribution in [0.25, 0.3) is 0 Å². The Morgan fingerprint density at radius 1 is 0.818 bits per heavy atom. The Bertz CT molecular complexity index is 630. The molecule has 33 heavy (non-hydrogen) atoms. The minimum atomic E-state index is -4.34. The van der Waals surface area contributed by atoms with Crippen LogP contribution in [0.2, 0.25) is 0 Å². The third-order valence-corrected chi connectivity index (χ3v) is 6.21. The molecule has 0 aromatic heterocycles. The molecule has 1 atom stereocenters. The monoisotopic (exact) mass is 469 g/mol. The second kappa shape index (κ2) is 17.9. The van der Waals surface area contributed by atoms with Crippen LogP contribution in [-0.4, -0.2) is 11.9 Å². The average Bonchev–Trinajstić information content (AvgIpc) is 2.76. The van der Waals surface area contributed by atoms with E-state index in [0.29, 0.717) is 18.4 Å². The molecule has 0 bridgehead atoms. The molecule has 0 aliphatic rings. The van der Waals surface area contributed by atoms with Gasteiger partial charge in [-0.15, -0.1) is 0 Å². The second-order valence-electron chi connectivity index (χ2n) is 9.57. The Balaban J connectivity index is 1.98. The number of benzene rings is 1. The largest absolute Gasteiger partial charge is 0.416 e. The van der Waals surface area contributed by atoms with Crippen LogP contribution in [-0.2, 0) is 17.4 Å². The lowest BCUT2D eigenvalue weighted by atomic mass is 10.0. The molecule has 5 heteroatoms. The Labute approximate surface area is 200 Å². The zero-order chi connectivity index (χ0) is 24.4. The summed E-state index contributed by atoms with van der Waals surface area (Å²) in [5, 5.41) is 2.92. The van der Waals surface area contributed by atoms with E-state index >= 15 is 0 Å². The first-order valence-corrected chi connectivity index (χ1v) is 13.3. The fourth-order valence-corrected chi connectivity index (χ4v) is 4.28. The minimum Gasteiger partial charge on any atom is -0.353 e. The smallest absolute Gasteiger partial charge is 0.353 e. The van der Waals surface area contributed by atoms with Crippen molar-refractivity contribution in [3.63, 3.8) is 0 Å². The fraction of sp³-hybridized carbons (Fsp3) is 0.750. The van der Waals surface area contributed by atoms with E-state index in [1.807, 2.05) is 6.92 Å². The molecule has 0 fully saturated rings. The maximum absolute atomic E-state index is 12.8. The summed E-state index contributed by atoms with van der Waals surface area (Å²) in [4.78, 5) is 12.1. The number of rotatable bonds is 19. The third-order valence-electron chi connectivity index (χ3n) is 6.21. The average molecular weight is 470 g/mol. The summed E-state index contributed by atoms with van der Waals surface area (Å²) < 4.78 is 38.5. The van der Waals surface area contributed by atoms with E-state index in [1.165, 1.54) is 89.5 Å². The van der Waals surface area contributed by atoms with Crippen molar-refractivity contribution in [1.29, 1.82) is 0 Å². The van der Waals surface area contributed by atoms with Crippen molar-refractivity contribution in [2.75, 3.05) is 0 Å². The molecule has 0 saturated heterocycles. The molecule has 1 aromatic rings. The minimum absolute atomic E-state index is 0.0100. The quantitative estimate of drug-likeness (QED) is 0.201. The molecule has 0 heterocycles. The molecule has 1 rings (SSSR count). The SMILES string of the molecule is CCCCCCCCCCCCCCCCCC(=O)NC(C)Cc1cccc(C(F)(F)F)c1. The van der Waals surface area contributed by atoms with Gasteiger partial charge >= 0.3 is 6.18 Å². The highest BCUT2D eigenvalue weighted by atomic mass is 19.4. The number of halogens is 3. The van der Waals surface area contributed by atoms with Crippen LogP contribution < -0.4 is 5.32 Å². The summed E-state index contributed by atoms with van der Waals surface area (Å²) >= 11 is 0. The summed E-state index contributed by atoms with van der Waals surface area (Å²) in [5.41, 5.74) is -0.0547. The predicted octanol–water partition coefficient (Wildman–Crippen LogP) is 9.01. The van der Waals surface area contributed by atoms with Crippen LogP contribution in [0.1, 0.15) is 128 Å². The van der Waals surface area contributed by atoms with Gasteiger partial charge in [0.1, 0.15) is 0 Å². The van der Waals surface area contributed by atoms with Crippen molar-refractivity contribution in [2.24, 2.45) is 0 Å². The molecule has 1 aromatic carbocycles. The predicted molar refractivity (Wildman–Crippen MR) is 132 cm³/mol. The lowest BCUT2D eigenvalue weighted by Crippen LogP contribution is -2.33. The molecule has 0 aliphatic carbocycles. The first kappa shape index (κ1) is 29.5. The Morgan fingerprint density at radius 2 is 1.30 bits per heavy atom. The molecule has 190 valence electrons. The second-order valence-corrected chi connectivity index (χ2v) is 9.57. The third kappa shape index (κ3) is 15.9. The molecule has 0 saturated carbocycles. The molecule has 1 unspecified atom stereocenters. The van der Waals surface area contributed by atoms with Crippen molar-refractivity contribution >= 4 is 5.91 Å². The van der Waals surface area contributed by atoms with E-state index in [-0.39, 0.29) is 11.9 Å². The molecular formula is C28H46F3NO. The maximum Gasteiger partial charge on any atom is 0.416 e. The number of hydrogen-bond acceptors (Lipinski definition) is 1. The van der Waals surface area contributed by atoms with Gasteiger partial charge in [-0.05, 0) is 31.4 Å². The van der Waals surface area contributed by atoms with Crippen molar-refractivity contribution in [3.05, 3.63) is 35.4 Å². The van der Waals surface area contributed by atoms with Crippen molar-refractivity contribution in [2.45, 2.75) is 135 Å². The van der Waals surface area contributed by atoms with E-state index in [2.05, 4.69) is 12.2 Å². The zero-order valence-electron chi connectivity index (χ0n) is 20.9. The first-order chi connectivity index (χ1) is 15.8. The number of amides is 1. The number of carbonyl (C=O) groups is 1. The molecule has 1 N–H and O–H groups in total. The van der Waals surface area contributed by atoms with Gasteiger partial charge < -0.3 is 5.32 Å². The van der Waals surface area contributed by atoms with Gasteiger partial charge in [0.25, 0.3) is 0 Å². The highest BCUT2D eigenvalue weighted by Gasteiger charge is 2.30. The maximum atomic E-state index is 12.8. The molecular weight excluding hydrogens is 423 g/mol. The van der Waals surface area contributed by atoms with E-state index in [4.69, 9.17) is 0 Å². The van der Waals surface area contributed by atoms with Crippen LogP contribution in [0.4, 0.5) is 13.2 Å². The van der Waals surface area contributed by atoms with Crippen molar-refractivity contribution in [3.8, 4) is 0 Å². The normalized spacial score (nSPS) is 12.6. The fourth-order valence-electron chi connectivity index (χ4n) is 4.28. The number of alkyl halides is 3. The van der Waals surface area contributed by atoms with Crippen LogP contribution in [0.15, 0.2) is 24.3 Å². The van der Waals surface area contributed by atoms with Gasteiger partial charge in [0.05, 0.1) is 5.56 Å².